The Kier molecular flexibility index (Phi) is 4.16. The van der Waals surface area contributed by atoms with Crippen LogP contribution >= 0.6 is 11.6 Å². The van der Waals surface area contributed by atoms with Crippen LogP contribution in [0, 0.1) is 6.92 Å². The zero-order valence-corrected chi connectivity index (χ0v) is 10.4. The summed E-state index contributed by atoms with van der Waals surface area (Å²) in [6.45, 7) is 7.53. The highest BCUT2D eigenvalue weighted by atomic mass is 35.5. The summed E-state index contributed by atoms with van der Waals surface area (Å²) >= 11 is 6.00. The van der Waals surface area contributed by atoms with Crippen molar-refractivity contribution in [3.63, 3.8) is 0 Å². The molecule has 0 saturated carbocycles. The van der Waals surface area contributed by atoms with Crippen molar-refractivity contribution in [3.8, 4) is 0 Å². The Labute approximate surface area is 102 Å². The molecule has 0 radical (unpaired) electrons. The van der Waals surface area contributed by atoms with Crippen LogP contribution in [0.3, 0.4) is 0 Å². The van der Waals surface area contributed by atoms with E-state index in [4.69, 9.17) is 11.6 Å². The van der Waals surface area contributed by atoms with Gasteiger partial charge in [-0.3, -0.25) is 0 Å². The van der Waals surface area contributed by atoms with Gasteiger partial charge < -0.3 is 10.2 Å². The Morgan fingerprint density at radius 2 is 2.12 bits per heavy atom. The van der Waals surface area contributed by atoms with Crippen LogP contribution in [-0.2, 0) is 6.42 Å². The molecule has 2 rings (SSSR count). The second-order valence-electron chi connectivity index (χ2n) is 4.25. The van der Waals surface area contributed by atoms with E-state index < -0.39 is 0 Å². The monoisotopic (exact) mass is 239 g/mol. The van der Waals surface area contributed by atoms with Gasteiger partial charge in [0.15, 0.2) is 0 Å². The lowest BCUT2D eigenvalue weighted by Gasteiger charge is -2.26. The molecule has 1 aliphatic heterocycles. The number of halogens is 1. The van der Waals surface area contributed by atoms with E-state index in [9.17, 15) is 0 Å². The molecule has 1 N–H and O–H groups in total. The van der Waals surface area contributed by atoms with Crippen molar-refractivity contribution in [2.75, 3.05) is 32.7 Å². The van der Waals surface area contributed by atoms with Crippen LogP contribution in [0.2, 0.25) is 5.15 Å². The fourth-order valence-corrected chi connectivity index (χ4v) is 2.06. The van der Waals surface area contributed by atoms with E-state index in [2.05, 4.69) is 21.3 Å². The molecule has 88 valence electrons. The van der Waals surface area contributed by atoms with Gasteiger partial charge in [-0.05, 0) is 18.6 Å². The van der Waals surface area contributed by atoms with Gasteiger partial charge in [0, 0.05) is 44.8 Å². The molecule has 2 heterocycles. The predicted octanol–water partition coefficient (Wildman–Crippen LogP) is 1.49. The minimum atomic E-state index is 0.637. The molecule has 0 amide bonds. The van der Waals surface area contributed by atoms with Gasteiger partial charge in [0.1, 0.15) is 5.15 Å². The van der Waals surface area contributed by atoms with Gasteiger partial charge in [-0.2, -0.15) is 0 Å². The third-order valence-corrected chi connectivity index (χ3v) is 3.37. The van der Waals surface area contributed by atoms with E-state index in [1.165, 1.54) is 0 Å². The van der Waals surface area contributed by atoms with Gasteiger partial charge in [0.05, 0.1) is 0 Å². The molecule has 0 aliphatic carbocycles. The number of aromatic nitrogens is 1. The molecule has 0 aromatic carbocycles. The van der Waals surface area contributed by atoms with Crippen molar-refractivity contribution in [1.29, 1.82) is 0 Å². The van der Waals surface area contributed by atoms with Crippen molar-refractivity contribution in [3.05, 3.63) is 28.5 Å². The molecule has 0 spiro atoms. The van der Waals surface area contributed by atoms with Gasteiger partial charge >= 0.3 is 0 Å². The molecule has 0 unspecified atom stereocenters. The summed E-state index contributed by atoms with van der Waals surface area (Å²) < 4.78 is 0. The van der Waals surface area contributed by atoms with Crippen LogP contribution in [0.15, 0.2) is 12.1 Å². The largest absolute Gasteiger partial charge is 0.314 e. The van der Waals surface area contributed by atoms with Crippen LogP contribution in [0.5, 0.6) is 0 Å². The van der Waals surface area contributed by atoms with Gasteiger partial charge in [0.25, 0.3) is 0 Å². The molecule has 1 aliphatic rings. The Morgan fingerprint density at radius 1 is 1.38 bits per heavy atom. The summed E-state index contributed by atoms with van der Waals surface area (Å²) in [7, 11) is 0. The molecular formula is C12H18ClN3. The van der Waals surface area contributed by atoms with E-state index in [1.54, 1.807) is 0 Å². The Bertz CT molecular complexity index is 348. The third kappa shape index (κ3) is 3.17. The van der Waals surface area contributed by atoms with Crippen LogP contribution in [0.1, 0.15) is 11.3 Å². The number of rotatable bonds is 3. The Hall–Kier alpha value is -0.640. The molecule has 1 aromatic heterocycles. The first-order chi connectivity index (χ1) is 7.75. The topological polar surface area (TPSA) is 28.2 Å². The van der Waals surface area contributed by atoms with E-state index in [0.717, 1.165) is 50.4 Å². The van der Waals surface area contributed by atoms with Crippen molar-refractivity contribution >= 4 is 11.6 Å². The maximum Gasteiger partial charge on any atom is 0.132 e. The normalized spacial score (nSPS) is 17.6. The van der Waals surface area contributed by atoms with Crippen LogP contribution in [0.4, 0.5) is 0 Å². The second-order valence-corrected chi connectivity index (χ2v) is 4.61. The predicted molar refractivity (Wildman–Crippen MR) is 67.0 cm³/mol. The van der Waals surface area contributed by atoms with Crippen molar-refractivity contribution in [2.45, 2.75) is 13.3 Å². The number of nitrogens with zero attached hydrogens (tertiary/aromatic N) is 2. The van der Waals surface area contributed by atoms with Gasteiger partial charge in [-0.15, -0.1) is 0 Å². The van der Waals surface area contributed by atoms with Gasteiger partial charge in [0.2, 0.25) is 0 Å². The SMILES string of the molecule is Cc1ccc(CCN2CCNCC2)nc1Cl. The van der Waals surface area contributed by atoms with Crippen LogP contribution < -0.4 is 5.32 Å². The first-order valence-electron chi connectivity index (χ1n) is 5.81. The zero-order chi connectivity index (χ0) is 11.4. The molecule has 0 atom stereocenters. The molecular weight excluding hydrogens is 222 g/mol. The smallest absolute Gasteiger partial charge is 0.132 e. The molecule has 1 saturated heterocycles. The second kappa shape index (κ2) is 5.62. The number of hydrogen-bond acceptors (Lipinski definition) is 3. The van der Waals surface area contributed by atoms with Crippen LogP contribution in [-0.4, -0.2) is 42.6 Å². The van der Waals surface area contributed by atoms with E-state index in [0.29, 0.717) is 5.15 Å². The standard InChI is InChI=1S/C12H18ClN3/c1-10-2-3-11(15-12(10)13)4-7-16-8-5-14-6-9-16/h2-3,14H,4-9H2,1H3. The fourth-order valence-electron chi connectivity index (χ4n) is 1.89. The van der Waals surface area contributed by atoms with Crippen molar-refractivity contribution in [2.24, 2.45) is 0 Å². The third-order valence-electron chi connectivity index (χ3n) is 2.99. The van der Waals surface area contributed by atoms with Gasteiger partial charge in [-0.25, -0.2) is 4.98 Å². The molecule has 0 bridgehead atoms. The Balaban J connectivity index is 1.86. The summed E-state index contributed by atoms with van der Waals surface area (Å²) in [6.07, 6.45) is 0.986. The van der Waals surface area contributed by atoms with Crippen molar-refractivity contribution in [1.82, 2.24) is 15.2 Å². The Morgan fingerprint density at radius 3 is 2.81 bits per heavy atom. The molecule has 4 heteroatoms. The van der Waals surface area contributed by atoms with Crippen LogP contribution in [0.25, 0.3) is 0 Å². The number of piperazine rings is 1. The minimum Gasteiger partial charge on any atom is -0.314 e. The lowest BCUT2D eigenvalue weighted by Crippen LogP contribution is -2.44. The number of pyridine rings is 1. The number of hydrogen-bond donors (Lipinski definition) is 1. The summed E-state index contributed by atoms with van der Waals surface area (Å²) in [5.41, 5.74) is 2.14. The van der Waals surface area contributed by atoms with Crippen molar-refractivity contribution < 1.29 is 0 Å². The summed E-state index contributed by atoms with van der Waals surface area (Å²) in [4.78, 5) is 6.84. The maximum absolute atomic E-state index is 6.00. The maximum atomic E-state index is 6.00. The molecule has 1 aromatic rings. The summed E-state index contributed by atoms with van der Waals surface area (Å²) in [5, 5.41) is 3.99. The number of aryl methyl sites for hydroxylation is 1. The highest BCUT2D eigenvalue weighted by molar-refractivity contribution is 6.30. The average Bonchev–Trinajstić information content (AvgIpc) is 2.32. The summed E-state index contributed by atoms with van der Waals surface area (Å²) in [5.74, 6) is 0. The molecule has 16 heavy (non-hydrogen) atoms. The fraction of sp³-hybridized carbons (Fsp3) is 0.583. The van der Waals surface area contributed by atoms with Gasteiger partial charge in [-0.1, -0.05) is 17.7 Å². The summed E-state index contributed by atoms with van der Waals surface area (Å²) in [6, 6.07) is 4.12. The lowest BCUT2D eigenvalue weighted by molar-refractivity contribution is 0.243. The minimum absolute atomic E-state index is 0.637. The quantitative estimate of drug-likeness (QED) is 0.811. The van der Waals surface area contributed by atoms with E-state index in [-0.39, 0.29) is 0 Å². The highest BCUT2D eigenvalue weighted by Crippen LogP contribution is 2.12. The zero-order valence-electron chi connectivity index (χ0n) is 9.67. The number of nitrogens with one attached hydrogen (secondary N) is 1. The average molecular weight is 240 g/mol. The van der Waals surface area contributed by atoms with E-state index in [1.807, 2.05) is 13.0 Å². The first kappa shape index (κ1) is 11.8. The van der Waals surface area contributed by atoms with E-state index >= 15 is 0 Å². The molecule has 1 fully saturated rings. The first-order valence-corrected chi connectivity index (χ1v) is 6.18. The molecule has 3 nitrogen and oxygen atoms in total. The lowest BCUT2D eigenvalue weighted by atomic mass is 10.2. The highest BCUT2D eigenvalue weighted by Gasteiger charge is 2.09.